The molecule has 2 rings (SSSR count). The first kappa shape index (κ1) is 18.5. The number of amides is 1. The molecular formula is C19H22N2O4. The average molecular weight is 342 g/mol. The Morgan fingerprint density at radius 3 is 2.44 bits per heavy atom. The van der Waals surface area contributed by atoms with E-state index in [0.717, 1.165) is 11.1 Å². The SMILES string of the molecule is COC(=O)COc1ccc(NC(=O)C(C)(N)c2ccccc2)c(C)c1. The number of esters is 1. The van der Waals surface area contributed by atoms with E-state index in [9.17, 15) is 9.59 Å². The van der Waals surface area contributed by atoms with Crippen LogP contribution < -0.4 is 15.8 Å². The van der Waals surface area contributed by atoms with Crippen LogP contribution >= 0.6 is 0 Å². The summed E-state index contributed by atoms with van der Waals surface area (Å²) in [6, 6.07) is 14.3. The number of hydrogen-bond donors (Lipinski definition) is 2. The molecule has 0 fully saturated rings. The van der Waals surface area contributed by atoms with Crippen molar-refractivity contribution in [3.05, 3.63) is 59.7 Å². The fourth-order valence-corrected chi connectivity index (χ4v) is 2.23. The van der Waals surface area contributed by atoms with Crippen LogP contribution in [0.1, 0.15) is 18.1 Å². The van der Waals surface area contributed by atoms with Crippen LogP contribution in [0.2, 0.25) is 0 Å². The summed E-state index contributed by atoms with van der Waals surface area (Å²) in [6.07, 6.45) is 0. The van der Waals surface area contributed by atoms with Crippen molar-refractivity contribution in [2.45, 2.75) is 19.4 Å². The lowest BCUT2D eigenvalue weighted by Crippen LogP contribution is -2.45. The fraction of sp³-hybridized carbons (Fsp3) is 0.263. The van der Waals surface area contributed by atoms with E-state index in [-0.39, 0.29) is 12.5 Å². The zero-order chi connectivity index (χ0) is 18.4. The van der Waals surface area contributed by atoms with E-state index in [1.165, 1.54) is 7.11 Å². The first-order valence-corrected chi connectivity index (χ1v) is 7.80. The number of nitrogens with one attached hydrogen (secondary N) is 1. The Hall–Kier alpha value is -2.86. The van der Waals surface area contributed by atoms with Crippen LogP contribution in [0.25, 0.3) is 0 Å². The van der Waals surface area contributed by atoms with Gasteiger partial charge in [-0.15, -0.1) is 0 Å². The summed E-state index contributed by atoms with van der Waals surface area (Å²) in [6.45, 7) is 3.33. The number of benzene rings is 2. The van der Waals surface area contributed by atoms with Crippen molar-refractivity contribution in [2.75, 3.05) is 19.0 Å². The molecule has 132 valence electrons. The van der Waals surface area contributed by atoms with E-state index >= 15 is 0 Å². The number of ether oxygens (including phenoxy) is 2. The Morgan fingerprint density at radius 1 is 1.16 bits per heavy atom. The lowest BCUT2D eigenvalue weighted by atomic mass is 9.92. The smallest absolute Gasteiger partial charge is 0.343 e. The molecule has 6 nitrogen and oxygen atoms in total. The second-order valence-corrected chi connectivity index (χ2v) is 5.86. The van der Waals surface area contributed by atoms with Gasteiger partial charge in [-0.05, 0) is 43.2 Å². The summed E-state index contributed by atoms with van der Waals surface area (Å²) in [5, 5.41) is 2.84. The molecule has 0 heterocycles. The van der Waals surface area contributed by atoms with Gasteiger partial charge in [0, 0.05) is 5.69 Å². The molecule has 0 aliphatic heterocycles. The summed E-state index contributed by atoms with van der Waals surface area (Å²) < 4.78 is 9.85. The van der Waals surface area contributed by atoms with Gasteiger partial charge in [0.1, 0.15) is 11.3 Å². The first-order valence-electron chi connectivity index (χ1n) is 7.80. The average Bonchev–Trinajstić information content (AvgIpc) is 2.62. The third-order valence-corrected chi connectivity index (χ3v) is 3.88. The van der Waals surface area contributed by atoms with Crippen LogP contribution in [-0.4, -0.2) is 25.6 Å². The number of carbonyl (C=O) groups excluding carboxylic acids is 2. The number of nitrogens with two attached hydrogens (primary N) is 1. The molecule has 0 aromatic heterocycles. The molecule has 0 saturated carbocycles. The molecule has 6 heteroatoms. The van der Waals surface area contributed by atoms with Crippen LogP contribution in [0.15, 0.2) is 48.5 Å². The van der Waals surface area contributed by atoms with Crippen molar-refractivity contribution in [3.63, 3.8) is 0 Å². The van der Waals surface area contributed by atoms with Gasteiger partial charge in [0.2, 0.25) is 5.91 Å². The lowest BCUT2D eigenvalue weighted by molar-refractivity contribution is -0.142. The minimum atomic E-state index is -1.16. The van der Waals surface area contributed by atoms with Gasteiger partial charge in [-0.1, -0.05) is 30.3 Å². The minimum absolute atomic E-state index is 0.170. The van der Waals surface area contributed by atoms with E-state index in [1.807, 2.05) is 37.3 Å². The topological polar surface area (TPSA) is 90.6 Å². The number of anilines is 1. The Balaban J connectivity index is 2.09. The maximum atomic E-state index is 12.6. The van der Waals surface area contributed by atoms with Crippen molar-refractivity contribution in [1.82, 2.24) is 0 Å². The van der Waals surface area contributed by atoms with Gasteiger partial charge in [-0.2, -0.15) is 0 Å². The summed E-state index contributed by atoms with van der Waals surface area (Å²) in [5.74, 6) is -0.263. The van der Waals surface area contributed by atoms with Crippen LogP contribution in [0.5, 0.6) is 5.75 Å². The number of hydrogen-bond acceptors (Lipinski definition) is 5. The zero-order valence-electron chi connectivity index (χ0n) is 14.5. The van der Waals surface area contributed by atoms with Crippen molar-refractivity contribution < 1.29 is 19.1 Å². The highest BCUT2D eigenvalue weighted by molar-refractivity contribution is 5.98. The van der Waals surface area contributed by atoms with E-state index in [4.69, 9.17) is 10.5 Å². The van der Waals surface area contributed by atoms with E-state index < -0.39 is 11.5 Å². The van der Waals surface area contributed by atoms with Gasteiger partial charge in [0.05, 0.1) is 7.11 Å². The predicted molar refractivity (Wildman–Crippen MR) is 95.3 cm³/mol. The Kier molecular flexibility index (Phi) is 5.77. The lowest BCUT2D eigenvalue weighted by Gasteiger charge is -2.24. The fourth-order valence-electron chi connectivity index (χ4n) is 2.23. The second kappa shape index (κ2) is 7.81. The molecule has 0 aliphatic carbocycles. The largest absolute Gasteiger partial charge is 0.482 e. The summed E-state index contributed by atoms with van der Waals surface area (Å²) in [7, 11) is 1.30. The van der Waals surface area contributed by atoms with Crippen molar-refractivity contribution >= 4 is 17.6 Å². The molecule has 0 aliphatic rings. The van der Waals surface area contributed by atoms with Crippen LogP contribution in [0.3, 0.4) is 0 Å². The zero-order valence-corrected chi connectivity index (χ0v) is 14.5. The standard InChI is InChI=1S/C19H22N2O4/c1-13-11-15(25-12-17(22)24-3)9-10-16(13)21-18(23)19(2,20)14-7-5-4-6-8-14/h4-11H,12,20H2,1-3H3,(H,21,23). The highest BCUT2D eigenvalue weighted by Crippen LogP contribution is 2.24. The van der Waals surface area contributed by atoms with Gasteiger partial charge >= 0.3 is 5.97 Å². The summed E-state index contributed by atoms with van der Waals surface area (Å²) in [4.78, 5) is 23.7. The normalized spacial score (nSPS) is 12.8. The third kappa shape index (κ3) is 4.58. The van der Waals surface area contributed by atoms with Gasteiger partial charge in [0.25, 0.3) is 0 Å². The molecular weight excluding hydrogens is 320 g/mol. The van der Waals surface area contributed by atoms with Gasteiger partial charge < -0.3 is 20.5 Å². The van der Waals surface area contributed by atoms with E-state index in [2.05, 4.69) is 10.1 Å². The first-order chi connectivity index (χ1) is 11.8. The minimum Gasteiger partial charge on any atom is -0.482 e. The molecule has 0 saturated heterocycles. The molecule has 0 spiro atoms. The van der Waals surface area contributed by atoms with E-state index in [1.54, 1.807) is 25.1 Å². The number of rotatable bonds is 6. The predicted octanol–water partition coefficient (Wildman–Crippen LogP) is 2.36. The number of aryl methyl sites for hydroxylation is 1. The summed E-state index contributed by atoms with van der Waals surface area (Å²) >= 11 is 0. The van der Waals surface area contributed by atoms with Crippen LogP contribution in [-0.2, 0) is 19.9 Å². The Labute approximate surface area is 146 Å². The molecule has 2 aromatic carbocycles. The van der Waals surface area contributed by atoms with Crippen molar-refractivity contribution in [2.24, 2.45) is 5.73 Å². The maximum Gasteiger partial charge on any atom is 0.343 e. The molecule has 1 unspecified atom stereocenters. The molecule has 25 heavy (non-hydrogen) atoms. The molecule has 1 amide bonds. The molecule has 2 aromatic rings. The Morgan fingerprint density at radius 2 is 1.84 bits per heavy atom. The highest BCUT2D eigenvalue weighted by Gasteiger charge is 2.30. The summed E-state index contributed by atoms with van der Waals surface area (Å²) in [5.41, 5.74) is 7.20. The molecule has 1 atom stereocenters. The maximum absolute atomic E-state index is 12.6. The van der Waals surface area contributed by atoms with E-state index in [0.29, 0.717) is 11.4 Å². The monoisotopic (exact) mass is 342 g/mol. The second-order valence-electron chi connectivity index (χ2n) is 5.86. The quantitative estimate of drug-likeness (QED) is 0.787. The third-order valence-electron chi connectivity index (χ3n) is 3.88. The van der Waals surface area contributed by atoms with Gasteiger partial charge in [0.15, 0.2) is 6.61 Å². The van der Waals surface area contributed by atoms with Crippen LogP contribution in [0.4, 0.5) is 5.69 Å². The molecule has 0 bridgehead atoms. The Bertz CT molecular complexity index is 757. The highest BCUT2D eigenvalue weighted by atomic mass is 16.6. The number of methoxy groups -OCH3 is 1. The molecule has 3 N–H and O–H groups in total. The van der Waals surface area contributed by atoms with Gasteiger partial charge in [-0.3, -0.25) is 4.79 Å². The molecule has 0 radical (unpaired) electrons. The number of carbonyl (C=O) groups is 2. The van der Waals surface area contributed by atoms with Crippen LogP contribution in [0, 0.1) is 6.92 Å². The van der Waals surface area contributed by atoms with Crippen molar-refractivity contribution in [1.29, 1.82) is 0 Å². The van der Waals surface area contributed by atoms with Gasteiger partial charge in [-0.25, -0.2) is 4.79 Å². The van der Waals surface area contributed by atoms with Crippen molar-refractivity contribution in [3.8, 4) is 5.75 Å².